The number of rotatable bonds is 5. The van der Waals surface area contributed by atoms with Gasteiger partial charge in [-0.15, -0.1) is 0 Å². The lowest BCUT2D eigenvalue weighted by molar-refractivity contribution is -0.136. The van der Waals surface area contributed by atoms with Gasteiger partial charge in [-0.05, 0) is 35.9 Å². The van der Waals surface area contributed by atoms with Crippen molar-refractivity contribution in [3.8, 4) is 0 Å². The first-order valence-electron chi connectivity index (χ1n) is 9.16. The summed E-state index contributed by atoms with van der Waals surface area (Å²) in [5.74, 6) is -2.37. The monoisotopic (exact) mass is 468 g/mol. The van der Waals surface area contributed by atoms with Crippen molar-refractivity contribution in [2.45, 2.75) is 12.4 Å². The summed E-state index contributed by atoms with van der Waals surface area (Å²) in [6.07, 6.45) is -8.52. The van der Waals surface area contributed by atoms with E-state index in [1.165, 1.54) is 36.6 Å². The Balaban J connectivity index is 1.89. The van der Waals surface area contributed by atoms with Crippen molar-refractivity contribution in [2.75, 3.05) is 10.6 Å². The molecule has 0 aliphatic carbocycles. The summed E-state index contributed by atoms with van der Waals surface area (Å²) < 4.78 is 85.6. The van der Waals surface area contributed by atoms with Crippen LogP contribution in [0.1, 0.15) is 21.7 Å². The van der Waals surface area contributed by atoms with Crippen LogP contribution in [0.15, 0.2) is 77.4 Å². The molecule has 2 amide bonds. The first kappa shape index (κ1) is 23.6. The van der Waals surface area contributed by atoms with Crippen LogP contribution in [0.5, 0.6) is 0 Å². The lowest BCUT2D eigenvalue weighted by Gasteiger charge is -2.16. The van der Waals surface area contributed by atoms with Crippen LogP contribution in [-0.2, 0) is 11.0 Å². The molecule has 3 rings (SSSR count). The van der Waals surface area contributed by atoms with Gasteiger partial charge < -0.3 is 15.1 Å². The van der Waals surface area contributed by atoms with Crippen LogP contribution in [-0.4, -0.2) is 18.0 Å². The Morgan fingerprint density at radius 1 is 0.848 bits per heavy atom. The number of hydrogen-bond acceptors (Lipinski definition) is 3. The lowest BCUT2D eigenvalue weighted by Crippen LogP contribution is -2.19. The zero-order valence-electron chi connectivity index (χ0n) is 16.4. The summed E-state index contributed by atoms with van der Waals surface area (Å²) in [7, 11) is 0. The summed E-state index contributed by atoms with van der Waals surface area (Å²) in [6, 6.07) is 11.5. The summed E-state index contributed by atoms with van der Waals surface area (Å²) >= 11 is 0. The predicted octanol–water partition coefficient (Wildman–Crippen LogP) is 6.14. The molecule has 0 unspecified atom stereocenters. The number of carbonyl (C=O) groups is 2. The molecular formula is C22H14F6N2O3. The molecule has 172 valence electrons. The van der Waals surface area contributed by atoms with Gasteiger partial charge in [0, 0.05) is 11.8 Å². The quantitative estimate of drug-likeness (QED) is 0.349. The maximum Gasteiger partial charge on any atom is 0.418 e. The highest BCUT2D eigenvalue weighted by atomic mass is 19.4. The van der Waals surface area contributed by atoms with Crippen molar-refractivity contribution in [2.24, 2.45) is 0 Å². The normalized spacial score (nSPS) is 12.4. The minimum atomic E-state index is -4.98. The second-order valence-corrected chi connectivity index (χ2v) is 6.60. The summed E-state index contributed by atoms with van der Waals surface area (Å²) in [6.45, 7) is 0. The molecule has 11 heteroatoms. The first-order valence-corrected chi connectivity index (χ1v) is 9.16. The van der Waals surface area contributed by atoms with E-state index >= 15 is 0 Å². The molecule has 1 heterocycles. The van der Waals surface area contributed by atoms with Gasteiger partial charge in [0.2, 0.25) is 5.91 Å². The first-order chi connectivity index (χ1) is 15.4. The number of benzene rings is 2. The van der Waals surface area contributed by atoms with Crippen molar-refractivity contribution in [1.29, 1.82) is 0 Å². The van der Waals surface area contributed by atoms with E-state index in [0.717, 1.165) is 24.3 Å². The molecule has 0 aliphatic heterocycles. The molecular weight excluding hydrogens is 454 g/mol. The third kappa shape index (κ3) is 6.03. The number of alkyl halides is 6. The number of halogens is 6. The second-order valence-electron chi connectivity index (χ2n) is 6.60. The molecule has 0 bridgehead atoms. The molecule has 33 heavy (non-hydrogen) atoms. The van der Waals surface area contributed by atoms with Gasteiger partial charge in [-0.3, -0.25) is 9.59 Å². The van der Waals surface area contributed by atoms with Gasteiger partial charge in [-0.1, -0.05) is 30.3 Å². The highest BCUT2D eigenvalue weighted by molar-refractivity contribution is 6.06. The van der Waals surface area contributed by atoms with E-state index in [4.69, 9.17) is 4.42 Å². The summed E-state index contributed by atoms with van der Waals surface area (Å²) in [5.41, 5.74) is -4.06. The fraction of sp³-hybridized carbons (Fsp3) is 0.0909. The maximum atomic E-state index is 13.5. The van der Waals surface area contributed by atoms with Crippen molar-refractivity contribution >= 4 is 28.8 Å². The Morgan fingerprint density at radius 2 is 1.55 bits per heavy atom. The molecule has 0 aliphatic rings. The standard InChI is InChI=1S/C22H14F6N2O3/c23-21(24,25)15(13-5-2-1-3-6-13)12-19(31)30-17-9-8-14(11-16(17)22(26,27)28)29-20(32)18-7-4-10-33-18/h1-12H,(H,29,32)(H,30,31)/b15-12+. The van der Waals surface area contributed by atoms with Crippen LogP contribution in [0, 0.1) is 0 Å². The lowest BCUT2D eigenvalue weighted by atomic mass is 10.0. The molecule has 2 N–H and O–H groups in total. The fourth-order valence-electron chi connectivity index (χ4n) is 2.81. The van der Waals surface area contributed by atoms with Crippen LogP contribution >= 0.6 is 0 Å². The zero-order valence-corrected chi connectivity index (χ0v) is 16.4. The predicted molar refractivity (Wildman–Crippen MR) is 107 cm³/mol. The van der Waals surface area contributed by atoms with Gasteiger partial charge in [-0.25, -0.2) is 0 Å². The number of furan rings is 1. The Kier molecular flexibility index (Phi) is 6.61. The molecule has 1 aromatic heterocycles. The molecule has 0 fully saturated rings. The molecule has 0 saturated heterocycles. The number of amides is 2. The Morgan fingerprint density at radius 3 is 2.12 bits per heavy atom. The maximum absolute atomic E-state index is 13.5. The van der Waals surface area contributed by atoms with Gasteiger partial charge in [0.25, 0.3) is 5.91 Å². The van der Waals surface area contributed by atoms with E-state index in [0.29, 0.717) is 6.07 Å². The average molecular weight is 468 g/mol. The number of carbonyl (C=O) groups excluding carboxylic acids is 2. The molecule has 0 saturated carbocycles. The van der Waals surface area contributed by atoms with Crippen molar-refractivity contribution in [3.05, 3.63) is 89.9 Å². The summed E-state index contributed by atoms with van der Waals surface area (Å²) in [5, 5.41) is 4.04. The summed E-state index contributed by atoms with van der Waals surface area (Å²) in [4.78, 5) is 24.2. The Hall–Kier alpha value is -4.02. The number of allylic oxidation sites excluding steroid dienone is 1. The minimum absolute atomic E-state index is 0.147. The zero-order chi connectivity index (χ0) is 24.2. The van der Waals surface area contributed by atoms with E-state index < -0.39 is 41.0 Å². The third-order valence-electron chi connectivity index (χ3n) is 4.25. The van der Waals surface area contributed by atoms with Crippen LogP contribution in [0.25, 0.3) is 5.57 Å². The molecule has 0 spiro atoms. The van der Waals surface area contributed by atoms with E-state index in [-0.39, 0.29) is 23.1 Å². The molecule has 5 nitrogen and oxygen atoms in total. The van der Waals surface area contributed by atoms with Gasteiger partial charge in [0.1, 0.15) is 0 Å². The minimum Gasteiger partial charge on any atom is -0.459 e. The topological polar surface area (TPSA) is 71.3 Å². The van der Waals surface area contributed by atoms with E-state index in [9.17, 15) is 35.9 Å². The molecule has 2 aromatic carbocycles. The van der Waals surface area contributed by atoms with E-state index in [1.807, 2.05) is 5.32 Å². The molecule has 0 radical (unpaired) electrons. The van der Waals surface area contributed by atoms with E-state index in [1.54, 1.807) is 0 Å². The van der Waals surface area contributed by atoms with Gasteiger partial charge >= 0.3 is 12.4 Å². The van der Waals surface area contributed by atoms with Crippen LogP contribution in [0.4, 0.5) is 37.7 Å². The largest absolute Gasteiger partial charge is 0.459 e. The van der Waals surface area contributed by atoms with Crippen LogP contribution in [0.2, 0.25) is 0 Å². The SMILES string of the molecule is O=C(/C=C(\c1ccccc1)C(F)(F)F)Nc1ccc(NC(=O)c2ccco2)cc1C(F)(F)F. The van der Waals surface area contributed by atoms with Crippen LogP contribution in [0.3, 0.4) is 0 Å². The highest BCUT2D eigenvalue weighted by Crippen LogP contribution is 2.37. The molecule has 0 atom stereocenters. The smallest absolute Gasteiger partial charge is 0.418 e. The third-order valence-corrected chi connectivity index (χ3v) is 4.25. The van der Waals surface area contributed by atoms with Crippen molar-refractivity contribution in [1.82, 2.24) is 0 Å². The van der Waals surface area contributed by atoms with Gasteiger partial charge in [0.05, 0.1) is 23.1 Å². The Labute approximate surface area is 182 Å². The van der Waals surface area contributed by atoms with Crippen LogP contribution < -0.4 is 10.6 Å². The van der Waals surface area contributed by atoms with E-state index in [2.05, 4.69) is 5.32 Å². The second kappa shape index (κ2) is 9.23. The van der Waals surface area contributed by atoms with Gasteiger partial charge in [-0.2, -0.15) is 26.3 Å². The van der Waals surface area contributed by atoms with Gasteiger partial charge in [0.15, 0.2) is 5.76 Å². The van der Waals surface area contributed by atoms with Crippen molar-refractivity contribution < 1.29 is 40.3 Å². The number of hydrogen-bond donors (Lipinski definition) is 2. The average Bonchev–Trinajstić information content (AvgIpc) is 3.27. The number of anilines is 2. The van der Waals surface area contributed by atoms with Crippen molar-refractivity contribution in [3.63, 3.8) is 0 Å². The molecule has 3 aromatic rings. The fourth-order valence-corrected chi connectivity index (χ4v) is 2.81. The highest BCUT2D eigenvalue weighted by Gasteiger charge is 2.36. The Bertz CT molecular complexity index is 1170. The number of nitrogens with one attached hydrogen (secondary N) is 2.